The maximum absolute atomic E-state index is 6.50. The van der Waals surface area contributed by atoms with Gasteiger partial charge in [-0.1, -0.05) is 158 Å². The van der Waals surface area contributed by atoms with Crippen molar-refractivity contribution in [2.45, 2.75) is 0 Å². The molecule has 0 saturated heterocycles. The van der Waals surface area contributed by atoms with Crippen LogP contribution in [0.3, 0.4) is 0 Å². The molecule has 0 bridgehead atoms. The van der Waals surface area contributed by atoms with Gasteiger partial charge in [0.2, 0.25) is 0 Å². The number of rotatable bonds is 6. The van der Waals surface area contributed by atoms with Crippen molar-refractivity contribution in [3.63, 3.8) is 0 Å². The van der Waals surface area contributed by atoms with Crippen LogP contribution < -0.4 is 0 Å². The predicted molar refractivity (Wildman–Crippen MR) is 217 cm³/mol. The predicted octanol–water partition coefficient (Wildman–Crippen LogP) is 12.9. The molecule has 0 radical (unpaired) electrons. The van der Waals surface area contributed by atoms with Gasteiger partial charge in [-0.3, -0.25) is 0 Å². The normalized spacial score (nSPS) is 11.4. The molecule has 0 aliphatic carbocycles. The highest BCUT2D eigenvalue weighted by Crippen LogP contribution is 2.37. The highest BCUT2D eigenvalue weighted by atomic mass is 16.3. The summed E-state index contributed by atoms with van der Waals surface area (Å²) >= 11 is 0. The van der Waals surface area contributed by atoms with E-state index in [0.29, 0.717) is 17.5 Å². The topological polar surface area (TPSA) is 51.8 Å². The maximum atomic E-state index is 6.50. The molecule has 53 heavy (non-hydrogen) atoms. The third-order valence-corrected chi connectivity index (χ3v) is 9.93. The monoisotopic (exact) mass is 677 g/mol. The summed E-state index contributed by atoms with van der Waals surface area (Å²) in [6.45, 7) is 0. The Bertz CT molecular complexity index is 2930. The second-order valence-electron chi connectivity index (χ2n) is 13.3. The Labute approximate surface area is 306 Å². The molecule has 0 fully saturated rings. The summed E-state index contributed by atoms with van der Waals surface area (Å²) in [6, 6.07) is 65.2. The highest BCUT2D eigenvalue weighted by molar-refractivity contribution is 6.15. The van der Waals surface area contributed by atoms with Crippen LogP contribution in [0.4, 0.5) is 0 Å². The minimum Gasteiger partial charge on any atom is -0.455 e. The lowest BCUT2D eigenvalue weighted by Crippen LogP contribution is -2.00. The fraction of sp³-hybridized carbons (Fsp3) is 0. The fourth-order valence-electron chi connectivity index (χ4n) is 7.19. The lowest BCUT2D eigenvalue weighted by Gasteiger charge is -2.11. The molecule has 10 rings (SSSR count). The molecule has 4 heteroatoms. The van der Waals surface area contributed by atoms with Gasteiger partial charge < -0.3 is 4.42 Å². The first-order valence-electron chi connectivity index (χ1n) is 17.8. The van der Waals surface area contributed by atoms with Crippen molar-refractivity contribution in [2.75, 3.05) is 0 Å². The SMILES string of the molecule is c1ccc(-c2ccc(-c3nc(-c4ccccc4)nc(-c4cccc(-c5cccc(-c6ccc7c(c6)oc6c8ccccc8ccc76)c5)c4)n3)cc2)cc1. The Morgan fingerprint density at radius 1 is 0.283 bits per heavy atom. The van der Waals surface area contributed by atoms with Gasteiger partial charge >= 0.3 is 0 Å². The molecule has 4 nitrogen and oxygen atoms in total. The fourth-order valence-corrected chi connectivity index (χ4v) is 7.19. The summed E-state index contributed by atoms with van der Waals surface area (Å²) in [5.41, 5.74) is 11.3. The minimum atomic E-state index is 0.627. The van der Waals surface area contributed by atoms with Gasteiger partial charge in [-0.05, 0) is 69.1 Å². The summed E-state index contributed by atoms with van der Waals surface area (Å²) in [7, 11) is 0. The van der Waals surface area contributed by atoms with Crippen LogP contribution in [-0.2, 0) is 0 Å². The Kier molecular flexibility index (Phi) is 7.43. The van der Waals surface area contributed by atoms with Crippen molar-refractivity contribution in [2.24, 2.45) is 0 Å². The van der Waals surface area contributed by atoms with Crippen LogP contribution in [0.2, 0.25) is 0 Å². The second kappa shape index (κ2) is 12.9. The van der Waals surface area contributed by atoms with E-state index in [2.05, 4.69) is 152 Å². The van der Waals surface area contributed by atoms with Gasteiger partial charge in [0.25, 0.3) is 0 Å². The molecular weight excluding hydrogens is 647 g/mol. The zero-order valence-corrected chi connectivity index (χ0v) is 28.6. The van der Waals surface area contributed by atoms with Gasteiger partial charge in [-0.2, -0.15) is 0 Å². The summed E-state index contributed by atoms with van der Waals surface area (Å²) < 4.78 is 6.50. The standard InChI is InChI=1S/C49H31N3O/c1-3-11-32(12-4-1)33-21-23-36(24-22-33)48-50-47(35-14-5-2-6-15-35)51-49(52-48)41-19-10-18-39(30-41)37-16-9-17-38(29-37)40-26-27-43-44-28-25-34-13-7-8-20-42(34)46(44)53-45(43)31-40/h1-31H. The van der Waals surface area contributed by atoms with Crippen LogP contribution in [0, 0.1) is 0 Å². The lowest BCUT2D eigenvalue weighted by atomic mass is 9.97. The number of furan rings is 1. The van der Waals surface area contributed by atoms with Gasteiger partial charge in [0, 0.05) is 32.8 Å². The third-order valence-electron chi connectivity index (χ3n) is 9.93. The molecule has 0 amide bonds. The second-order valence-corrected chi connectivity index (χ2v) is 13.3. The van der Waals surface area contributed by atoms with Crippen molar-refractivity contribution < 1.29 is 4.42 Å². The average molecular weight is 678 g/mol. The van der Waals surface area contributed by atoms with Crippen molar-refractivity contribution in [3.8, 4) is 67.5 Å². The van der Waals surface area contributed by atoms with E-state index in [0.717, 1.165) is 71.8 Å². The van der Waals surface area contributed by atoms with E-state index in [9.17, 15) is 0 Å². The van der Waals surface area contributed by atoms with E-state index in [1.807, 2.05) is 36.4 Å². The molecule has 0 atom stereocenters. The first kappa shape index (κ1) is 30.6. The Morgan fingerprint density at radius 2 is 0.736 bits per heavy atom. The molecule has 0 aliphatic heterocycles. The molecule has 2 aromatic heterocycles. The minimum absolute atomic E-state index is 0.627. The van der Waals surface area contributed by atoms with Crippen molar-refractivity contribution in [1.82, 2.24) is 15.0 Å². The molecule has 248 valence electrons. The van der Waals surface area contributed by atoms with Crippen molar-refractivity contribution >= 4 is 32.7 Å². The van der Waals surface area contributed by atoms with E-state index in [4.69, 9.17) is 19.4 Å². The van der Waals surface area contributed by atoms with Crippen LogP contribution in [0.5, 0.6) is 0 Å². The molecule has 8 aromatic carbocycles. The van der Waals surface area contributed by atoms with Gasteiger partial charge in [-0.15, -0.1) is 0 Å². The van der Waals surface area contributed by atoms with Crippen LogP contribution in [0.25, 0.3) is 100 Å². The number of nitrogens with zero attached hydrogens (tertiary/aromatic N) is 3. The molecule has 0 saturated carbocycles. The van der Waals surface area contributed by atoms with Crippen LogP contribution in [0.15, 0.2) is 192 Å². The molecule has 2 heterocycles. The molecule has 0 N–H and O–H groups in total. The van der Waals surface area contributed by atoms with Crippen LogP contribution >= 0.6 is 0 Å². The van der Waals surface area contributed by atoms with Gasteiger partial charge in [0.05, 0.1) is 0 Å². The summed E-state index contributed by atoms with van der Waals surface area (Å²) in [5, 5.41) is 4.57. The number of fused-ring (bicyclic) bond motifs is 5. The summed E-state index contributed by atoms with van der Waals surface area (Å²) in [4.78, 5) is 15.0. The van der Waals surface area contributed by atoms with Gasteiger partial charge in [0.1, 0.15) is 11.2 Å². The highest BCUT2D eigenvalue weighted by Gasteiger charge is 2.15. The quantitative estimate of drug-likeness (QED) is 0.176. The first-order valence-corrected chi connectivity index (χ1v) is 17.8. The Balaban J connectivity index is 1.02. The number of benzene rings is 8. The number of hydrogen-bond donors (Lipinski definition) is 0. The summed E-state index contributed by atoms with van der Waals surface area (Å²) in [6.07, 6.45) is 0. The molecule has 0 unspecified atom stereocenters. The van der Waals surface area contributed by atoms with Gasteiger partial charge in [0.15, 0.2) is 17.5 Å². The zero-order valence-electron chi connectivity index (χ0n) is 28.6. The van der Waals surface area contributed by atoms with Crippen LogP contribution in [0.1, 0.15) is 0 Å². The Morgan fingerprint density at radius 3 is 1.43 bits per heavy atom. The molecular formula is C49H31N3O. The smallest absolute Gasteiger partial charge is 0.164 e. The first-order chi connectivity index (χ1) is 26.2. The van der Waals surface area contributed by atoms with E-state index in [-0.39, 0.29) is 0 Å². The number of hydrogen-bond acceptors (Lipinski definition) is 4. The van der Waals surface area contributed by atoms with E-state index in [1.165, 1.54) is 10.9 Å². The third kappa shape index (κ3) is 5.73. The van der Waals surface area contributed by atoms with E-state index >= 15 is 0 Å². The molecule has 0 aliphatic rings. The average Bonchev–Trinajstić information content (AvgIpc) is 3.63. The van der Waals surface area contributed by atoms with E-state index in [1.54, 1.807) is 0 Å². The summed E-state index contributed by atoms with van der Waals surface area (Å²) in [5.74, 6) is 1.90. The number of aromatic nitrogens is 3. The van der Waals surface area contributed by atoms with Crippen molar-refractivity contribution in [3.05, 3.63) is 188 Å². The zero-order chi connectivity index (χ0) is 35.1. The maximum Gasteiger partial charge on any atom is 0.164 e. The molecule has 0 spiro atoms. The van der Waals surface area contributed by atoms with Crippen molar-refractivity contribution in [1.29, 1.82) is 0 Å². The van der Waals surface area contributed by atoms with E-state index < -0.39 is 0 Å². The van der Waals surface area contributed by atoms with Crippen LogP contribution in [-0.4, -0.2) is 15.0 Å². The van der Waals surface area contributed by atoms with Gasteiger partial charge in [-0.25, -0.2) is 15.0 Å². The molecule has 10 aromatic rings. The largest absolute Gasteiger partial charge is 0.455 e. The Hall–Kier alpha value is -7.17. The lowest BCUT2D eigenvalue weighted by molar-refractivity contribution is 0.673.